The summed E-state index contributed by atoms with van der Waals surface area (Å²) in [5.74, 6) is 0.502. The van der Waals surface area contributed by atoms with Crippen molar-refractivity contribution in [3.8, 4) is 22.3 Å². The zero-order chi connectivity index (χ0) is 34.1. The monoisotopic (exact) mass is 670 g/mol. The molecular weight excluding hydrogens is 637 g/mol. The third-order valence-electron chi connectivity index (χ3n) is 9.73. The summed E-state index contributed by atoms with van der Waals surface area (Å²) in [6.07, 6.45) is 2.98. The van der Waals surface area contributed by atoms with Crippen molar-refractivity contribution >= 4 is 65.3 Å². The van der Waals surface area contributed by atoms with Crippen molar-refractivity contribution in [3.05, 3.63) is 198 Å². The molecule has 2 nitrogen and oxygen atoms in total. The highest BCUT2D eigenvalue weighted by Gasteiger charge is 2.19. The maximum absolute atomic E-state index is 6.64. The standard InChI is InChI=1S/C48H34N2S/c49-48(36-16-5-2-6-17-36)50-43(30-28-38-31-37-18-8-12-22-44(37)51-38)33-23-25-35(26-24-33)46-41-21-11-10-20-40(41)45(34-14-3-1-4-15-34)42-29-27-32-13-7-9-19-39(32)47(42)46/h1-27,29-31H,28H2,(H2,49,50)/b43-30-. The Balaban J connectivity index is 1.22. The third kappa shape index (κ3) is 5.78. The number of aliphatic imine (C=N–C) groups is 1. The molecule has 9 aromatic rings. The van der Waals surface area contributed by atoms with E-state index in [9.17, 15) is 0 Å². The van der Waals surface area contributed by atoms with Gasteiger partial charge in [-0.3, -0.25) is 0 Å². The molecule has 0 saturated heterocycles. The summed E-state index contributed by atoms with van der Waals surface area (Å²) in [5.41, 5.74) is 14.3. The predicted molar refractivity (Wildman–Crippen MR) is 221 cm³/mol. The van der Waals surface area contributed by atoms with Gasteiger partial charge in [-0.1, -0.05) is 170 Å². The Morgan fingerprint density at radius 2 is 1.12 bits per heavy atom. The Bertz CT molecular complexity index is 2720. The summed E-state index contributed by atoms with van der Waals surface area (Å²) in [5, 5.41) is 8.76. The number of rotatable bonds is 7. The Labute approximate surface area is 301 Å². The van der Waals surface area contributed by atoms with Crippen LogP contribution in [0.2, 0.25) is 0 Å². The van der Waals surface area contributed by atoms with E-state index in [0.29, 0.717) is 5.84 Å². The van der Waals surface area contributed by atoms with Gasteiger partial charge in [-0.2, -0.15) is 0 Å². The van der Waals surface area contributed by atoms with E-state index in [-0.39, 0.29) is 0 Å². The highest BCUT2D eigenvalue weighted by atomic mass is 32.1. The number of hydrogen-bond donors (Lipinski definition) is 1. The third-order valence-corrected chi connectivity index (χ3v) is 10.9. The number of thiophene rings is 1. The number of hydrogen-bond acceptors (Lipinski definition) is 2. The van der Waals surface area contributed by atoms with Crippen LogP contribution in [0.15, 0.2) is 187 Å². The van der Waals surface area contributed by atoms with Gasteiger partial charge < -0.3 is 5.73 Å². The quantitative estimate of drug-likeness (QED) is 0.0779. The van der Waals surface area contributed by atoms with Crippen LogP contribution in [-0.2, 0) is 6.42 Å². The van der Waals surface area contributed by atoms with Crippen LogP contribution in [0.4, 0.5) is 0 Å². The Morgan fingerprint density at radius 3 is 1.86 bits per heavy atom. The number of amidine groups is 1. The van der Waals surface area contributed by atoms with E-state index in [1.807, 2.05) is 41.7 Å². The molecule has 8 aromatic carbocycles. The van der Waals surface area contributed by atoms with Gasteiger partial charge in [-0.05, 0) is 77.7 Å². The van der Waals surface area contributed by atoms with Crippen LogP contribution >= 0.6 is 11.3 Å². The molecule has 242 valence electrons. The lowest BCUT2D eigenvalue weighted by Crippen LogP contribution is -2.13. The average Bonchev–Trinajstić information content (AvgIpc) is 3.62. The van der Waals surface area contributed by atoms with Crippen molar-refractivity contribution in [2.75, 3.05) is 0 Å². The first-order valence-electron chi connectivity index (χ1n) is 17.3. The number of nitrogens with two attached hydrogens (primary N) is 1. The molecule has 0 amide bonds. The largest absolute Gasteiger partial charge is 0.383 e. The van der Waals surface area contributed by atoms with E-state index in [4.69, 9.17) is 10.7 Å². The molecule has 0 unspecified atom stereocenters. The lowest BCUT2D eigenvalue weighted by molar-refractivity contribution is 1.32. The lowest BCUT2D eigenvalue weighted by Gasteiger charge is -2.19. The number of benzene rings is 8. The highest BCUT2D eigenvalue weighted by Crippen LogP contribution is 2.46. The number of fused-ring (bicyclic) bond motifs is 5. The van der Waals surface area contributed by atoms with Gasteiger partial charge in [0.1, 0.15) is 5.84 Å². The van der Waals surface area contributed by atoms with E-state index in [1.54, 1.807) is 0 Å². The normalized spacial score (nSPS) is 12.3. The van der Waals surface area contributed by atoms with E-state index in [1.165, 1.54) is 69.5 Å². The number of allylic oxidation sites excluding steroid dienone is 1. The summed E-state index contributed by atoms with van der Waals surface area (Å²) in [6.45, 7) is 0. The molecule has 0 aliphatic rings. The molecule has 2 N–H and O–H groups in total. The Hall–Kier alpha value is -6.29. The highest BCUT2D eigenvalue weighted by molar-refractivity contribution is 7.19. The summed E-state index contributed by atoms with van der Waals surface area (Å²) in [7, 11) is 0. The zero-order valence-electron chi connectivity index (χ0n) is 28.0. The SMILES string of the molecule is NC(=N/C(=C\Cc1cc2ccccc2s1)c1ccc(-c2c3ccccc3c(-c3ccccc3)c3ccc4ccccc4c23)cc1)c1ccccc1. The van der Waals surface area contributed by atoms with Crippen LogP contribution in [0.5, 0.6) is 0 Å². The lowest BCUT2D eigenvalue weighted by atomic mass is 9.84. The smallest absolute Gasteiger partial charge is 0.131 e. The summed E-state index contributed by atoms with van der Waals surface area (Å²) in [4.78, 5) is 6.33. The second-order valence-electron chi connectivity index (χ2n) is 12.9. The molecule has 3 heteroatoms. The van der Waals surface area contributed by atoms with Gasteiger partial charge in [-0.15, -0.1) is 11.3 Å². The summed E-state index contributed by atoms with van der Waals surface area (Å²) in [6, 6.07) is 62.7. The van der Waals surface area contributed by atoms with Crippen molar-refractivity contribution < 1.29 is 0 Å². The van der Waals surface area contributed by atoms with Crippen LogP contribution < -0.4 is 5.73 Å². The van der Waals surface area contributed by atoms with Gasteiger partial charge in [0.2, 0.25) is 0 Å². The minimum absolute atomic E-state index is 0.502. The predicted octanol–water partition coefficient (Wildman–Crippen LogP) is 12.7. The van der Waals surface area contributed by atoms with Crippen molar-refractivity contribution in [3.63, 3.8) is 0 Å². The fraction of sp³-hybridized carbons (Fsp3) is 0.0208. The molecule has 0 bridgehead atoms. The fourth-order valence-corrected chi connectivity index (χ4v) is 8.36. The maximum Gasteiger partial charge on any atom is 0.131 e. The molecule has 1 heterocycles. The second kappa shape index (κ2) is 13.2. The molecule has 51 heavy (non-hydrogen) atoms. The molecule has 0 radical (unpaired) electrons. The summed E-state index contributed by atoms with van der Waals surface area (Å²) >= 11 is 1.83. The Morgan fingerprint density at radius 1 is 0.510 bits per heavy atom. The molecule has 0 saturated carbocycles. The van der Waals surface area contributed by atoms with Crippen molar-refractivity contribution in [2.24, 2.45) is 10.7 Å². The number of nitrogens with zero attached hydrogens (tertiary/aromatic N) is 1. The van der Waals surface area contributed by atoms with Crippen molar-refractivity contribution in [1.82, 2.24) is 0 Å². The molecule has 0 aliphatic heterocycles. The molecule has 0 aliphatic carbocycles. The van der Waals surface area contributed by atoms with Crippen LogP contribution in [0.3, 0.4) is 0 Å². The Kier molecular flexibility index (Phi) is 7.96. The molecule has 0 spiro atoms. The molecule has 0 atom stereocenters. The van der Waals surface area contributed by atoms with Gasteiger partial charge in [0.05, 0.1) is 5.70 Å². The molecule has 1 aromatic heterocycles. The van der Waals surface area contributed by atoms with Gasteiger partial charge in [0.25, 0.3) is 0 Å². The topological polar surface area (TPSA) is 38.4 Å². The fourth-order valence-electron chi connectivity index (χ4n) is 7.34. The van der Waals surface area contributed by atoms with E-state index < -0.39 is 0 Å². The van der Waals surface area contributed by atoms with E-state index in [2.05, 4.69) is 152 Å². The van der Waals surface area contributed by atoms with Crippen LogP contribution in [0.25, 0.3) is 70.4 Å². The maximum atomic E-state index is 6.64. The van der Waals surface area contributed by atoms with Crippen LogP contribution in [-0.4, -0.2) is 5.84 Å². The average molecular weight is 671 g/mol. The van der Waals surface area contributed by atoms with Gasteiger partial charge in [0.15, 0.2) is 0 Å². The minimum atomic E-state index is 0.502. The first kappa shape index (κ1) is 30.7. The first-order chi connectivity index (χ1) is 25.2. The van der Waals surface area contributed by atoms with Gasteiger partial charge >= 0.3 is 0 Å². The molecular formula is C48H34N2S. The summed E-state index contributed by atoms with van der Waals surface area (Å²) < 4.78 is 1.30. The van der Waals surface area contributed by atoms with E-state index >= 15 is 0 Å². The zero-order valence-corrected chi connectivity index (χ0v) is 28.8. The first-order valence-corrected chi connectivity index (χ1v) is 18.1. The van der Waals surface area contributed by atoms with E-state index in [0.717, 1.165) is 23.2 Å². The molecule has 9 rings (SSSR count). The van der Waals surface area contributed by atoms with Gasteiger partial charge in [-0.25, -0.2) is 4.99 Å². The second-order valence-corrected chi connectivity index (χ2v) is 14.0. The van der Waals surface area contributed by atoms with Gasteiger partial charge in [0, 0.05) is 21.6 Å². The van der Waals surface area contributed by atoms with Crippen LogP contribution in [0, 0.1) is 0 Å². The minimum Gasteiger partial charge on any atom is -0.383 e. The van der Waals surface area contributed by atoms with Crippen molar-refractivity contribution in [1.29, 1.82) is 0 Å². The van der Waals surface area contributed by atoms with Crippen molar-refractivity contribution in [2.45, 2.75) is 6.42 Å². The van der Waals surface area contributed by atoms with Crippen LogP contribution in [0.1, 0.15) is 16.0 Å². The molecule has 0 fully saturated rings.